The van der Waals surface area contributed by atoms with Crippen molar-refractivity contribution >= 4 is 31.9 Å². The smallest absolute Gasteiger partial charge is 0.183 e. The minimum Gasteiger partial charge on any atom is -0.452 e. The van der Waals surface area contributed by atoms with Gasteiger partial charge >= 0.3 is 0 Å². The number of nitrogens with one attached hydrogen (secondary N) is 1. The van der Waals surface area contributed by atoms with E-state index >= 15 is 0 Å². The van der Waals surface area contributed by atoms with Crippen LogP contribution in [0.2, 0.25) is 0 Å². The van der Waals surface area contributed by atoms with Crippen LogP contribution in [0.15, 0.2) is 19.6 Å². The number of halogens is 2. The molecule has 1 aromatic heterocycles. The molecule has 0 bridgehead atoms. The summed E-state index contributed by atoms with van der Waals surface area (Å²) in [5.41, 5.74) is 0. The van der Waals surface area contributed by atoms with Gasteiger partial charge in [-0.1, -0.05) is 6.92 Å². The van der Waals surface area contributed by atoms with E-state index in [1.54, 1.807) is 0 Å². The first-order chi connectivity index (χ1) is 6.67. The van der Waals surface area contributed by atoms with Gasteiger partial charge in [-0.15, -0.1) is 0 Å². The largest absolute Gasteiger partial charge is 0.452 e. The molecule has 0 aliphatic rings. The van der Waals surface area contributed by atoms with Crippen LogP contribution >= 0.6 is 31.9 Å². The summed E-state index contributed by atoms with van der Waals surface area (Å²) in [4.78, 5) is 0. The number of furan rings is 1. The third kappa shape index (κ3) is 3.38. The molecule has 1 rings (SSSR count). The van der Waals surface area contributed by atoms with Gasteiger partial charge in [-0.3, -0.25) is 0 Å². The van der Waals surface area contributed by atoms with Crippen LogP contribution in [0.5, 0.6) is 0 Å². The molecule has 5 heteroatoms. The van der Waals surface area contributed by atoms with Gasteiger partial charge < -0.3 is 14.8 Å². The Hall–Kier alpha value is 0.160. The van der Waals surface area contributed by atoms with Gasteiger partial charge in [0.2, 0.25) is 0 Å². The summed E-state index contributed by atoms with van der Waals surface area (Å²) < 4.78 is 6.99. The fourth-order valence-electron chi connectivity index (χ4n) is 1.06. The molecule has 0 saturated carbocycles. The van der Waals surface area contributed by atoms with Crippen molar-refractivity contribution in [3.63, 3.8) is 0 Å². The first-order valence-corrected chi connectivity index (χ1v) is 6.04. The molecule has 80 valence electrons. The zero-order chi connectivity index (χ0) is 10.6. The normalized spacial score (nSPS) is 13.1. The minimum atomic E-state index is 0.137. The lowest BCUT2D eigenvalue weighted by Crippen LogP contribution is -2.30. The van der Waals surface area contributed by atoms with Gasteiger partial charge in [-0.25, -0.2) is 0 Å². The Bertz CT molecular complexity index is 265. The monoisotopic (exact) mass is 325 g/mol. The lowest BCUT2D eigenvalue weighted by atomic mass is 10.2. The molecule has 0 fully saturated rings. The maximum absolute atomic E-state index is 8.95. The van der Waals surface area contributed by atoms with Crippen molar-refractivity contribution in [2.24, 2.45) is 0 Å². The first-order valence-electron chi connectivity index (χ1n) is 4.45. The number of aliphatic hydroxyl groups excluding tert-OH is 1. The summed E-state index contributed by atoms with van der Waals surface area (Å²) in [6.45, 7) is 2.81. The van der Waals surface area contributed by atoms with E-state index in [9.17, 15) is 0 Å². The van der Waals surface area contributed by atoms with Crippen molar-refractivity contribution in [1.29, 1.82) is 0 Å². The van der Waals surface area contributed by atoms with Crippen LogP contribution in [0.25, 0.3) is 0 Å². The molecule has 0 aromatic carbocycles. The molecule has 1 aromatic rings. The van der Waals surface area contributed by atoms with E-state index in [0.29, 0.717) is 11.2 Å². The second-order valence-corrected chi connectivity index (χ2v) is 4.58. The molecule has 0 aliphatic carbocycles. The summed E-state index contributed by atoms with van der Waals surface area (Å²) >= 11 is 6.61. The van der Waals surface area contributed by atoms with Gasteiger partial charge in [-0.2, -0.15) is 0 Å². The lowest BCUT2D eigenvalue weighted by Gasteiger charge is -2.11. The highest BCUT2D eigenvalue weighted by Gasteiger charge is 2.08. The summed E-state index contributed by atoms with van der Waals surface area (Å²) in [7, 11) is 0. The predicted molar refractivity (Wildman–Crippen MR) is 62.1 cm³/mol. The van der Waals surface area contributed by atoms with Crippen LogP contribution < -0.4 is 5.32 Å². The number of rotatable bonds is 5. The summed E-state index contributed by atoms with van der Waals surface area (Å²) in [5, 5.41) is 12.1. The van der Waals surface area contributed by atoms with Crippen LogP contribution in [0.1, 0.15) is 19.1 Å². The molecule has 0 saturated heterocycles. The van der Waals surface area contributed by atoms with Crippen molar-refractivity contribution in [1.82, 2.24) is 5.32 Å². The summed E-state index contributed by atoms with van der Waals surface area (Å²) in [6, 6.07) is 2.04. The highest BCUT2D eigenvalue weighted by atomic mass is 79.9. The molecule has 0 radical (unpaired) electrons. The number of hydrogen-bond acceptors (Lipinski definition) is 3. The van der Waals surface area contributed by atoms with Gasteiger partial charge in [0, 0.05) is 6.04 Å². The highest BCUT2D eigenvalue weighted by molar-refractivity contribution is 9.13. The summed E-state index contributed by atoms with van der Waals surface area (Å²) in [5.74, 6) is 0.843. The molecule has 3 nitrogen and oxygen atoms in total. The Kier molecular flexibility index (Phi) is 5.15. The molecule has 0 spiro atoms. The van der Waals surface area contributed by atoms with Gasteiger partial charge in [0.25, 0.3) is 0 Å². The Morgan fingerprint density at radius 3 is 2.71 bits per heavy atom. The van der Waals surface area contributed by atoms with E-state index in [0.717, 1.165) is 16.7 Å². The van der Waals surface area contributed by atoms with Crippen LogP contribution in [-0.4, -0.2) is 17.8 Å². The van der Waals surface area contributed by atoms with E-state index in [1.807, 2.05) is 13.0 Å². The molecule has 0 aliphatic heterocycles. The second-order valence-electron chi connectivity index (χ2n) is 3.00. The average molecular weight is 327 g/mol. The van der Waals surface area contributed by atoms with Crippen LogP contribution in [-0.2, 0) is 6.54 Å². The van der Waals surface area contributed by atoms with Crippen LogP contribution in [0.4, 0.5) is 0 Å². The van der Waals surface area contributed by atoms with E-state index in [4.69, 9.17) is 9.52 Å². The number of hydrogen-bond donors (Lipinski definition) is 2. The molecule has 2 N–H and O–H groups in total. The molecule has 1 atom stereocenters. The third-order valence-electron chi connectivity index (χ3n) is 1.97. The average Bonchev–Trinajstić information content (AvgIpc) is 2.48. The SMILES string of the molecule is CC[C@H](CO)NCc1cc(Br)c(Br)o1. The molecule has 0 unspecified atom stereocenters. The topological polar surface area (TPSA) is 45.4 Å². The summed E-state index contributed by atoms with van der Waals surface area (Å²) in [6.07, 6.45) is 0.902. The van der Waals surface area contributed by atoms with Gasteiger partial charge in [-0.05, 0) is 44.3 Å². The van der Waals surface area contributed by atoms with Gasteiger partial charge in [0.15, 0.2) is 4.67 Å². The fraction of sp³-hybridized carbons (Fsp3) is 0.556. The van der Waals surface area contributed by atoms with Crippen LogP contribution in [0, 0.1) is 0 Å². The maximum Gasteiger partial charge on any atom is 0.183 e. The molecule has 14 heavy (non-hydrogen) atoms. The van der Waals surface area contributed by atoms with Crippen molar-refractivity contribution in [2.45, 2.75) is 25.9 Å². The maximum atomic E-state index is 8.95. The zero-order valence-electron chi connectivity index (χ0n) is 7.89. The predicted octanol–water partition coefficient (Wildman–Crippen LogP) is 2.67. The quantitative estimate of drug-likeness (QED) is 0.874. The van der Waals surface area contributed by atoms with Crippen LogP contribution in [0.3, 0.4) is 0 Å². The fourth-order valence-corrected chi connectivity index (χ4v) is 1.72. The van der Waals surface area contributed by atoms with Gasteiger partial charge in [0.1, 0.15) is 5.76 Å². The Morgan fingerprint density at radius 1 is 1.57 bits per heavy atom. The van der Waals surface area contributed by atoms with Crippen molar-refractivity contribution in [3.8, 4) is 0 Å². The van der Waals surface area contributed by atoms with Crippen molar-refractivity contribution < 1.29 is 9.52 Å². The highest BCUT2D eigenvalue weighted by Crippen LogP contribution is 2.26. The third-order valence-corrected chi connectivity index (χ3v) is 3.68. The lowest BCUT2D eigenvalue weighted by molar-refractivity contribution is 0.235. The standard InChI is InChI=1S/C9H13Br2NO2/c1-2-6(5-13)12-4-7-3-8(10)9(11)14-7/h3,6,12-13H,2,4-5H2,1H3/t6-/m1/s1. The van der Waals surface area contributed by atoms with Crippen molar-refractivity contribution in [2.75, 3.05) is 6.61 Å². The van der Waals surface area contributed by atoms with E-state index in [2.05, 4.69) is 37.2 Å². The second kappa shape index (κ2) is 5.90. The van der Waals surface area contributed by atoms with Gasteiger partial charge in [0.05, 0.1) is 17.6 Å². The number of aliphatic hydroxyl groups is 1. The first kappa shape index (κ1) is 12.2. The van der Waals surface area contributed by atoms with E-state index in [1.165, 1.54) is 0 Å². The zero-order valence-corrected chi connectivity index (χ0v) is 11.1. The molecule has 1 heterocycles. The van der Waals surface area contributed by atoms with E-state index in [-0.39, 0.29) is 12.6 Å². The molecular formula is C9H13Br2NO2. The minimum absolute atomic E-state index is 0.137. The Labute approximate surface area is 100 Å². The Morgan fingerprint density at radius 2 is 2.29 bits per heavy atom. The Balaban J connectivity index is 2.45. The van der Waals surface area contributed by atoms with Crippen molar-refractivity contribution in [3.05, 3.63) is 21.0 Å². The molecular weight excluding hydrogens is 314 g/mol. The van der Waals surface area contributed by atoms with E-state index < -0.39 is 0 Å². The molecule has 0 amide bonds.